The van der Waals surface area contributed by atoms with Gasteiger partial charge in [0.15, 0.2) is 0 Å². The summed E-state index contributed by atoms with van der Waals surface area (Å²) < 4.78 is 6.86. The Balaban J connectivity index is 1.78. The molecule has 0 spiro atoms. The van der Waals surface area contributed by atoms with Crippen molar-refractivity contribution >= 4 is 33.6 Å². The Hall–Kier alpha value is -3.56. The third kappa shape index (κ3) is 5.47. The van der Waals surface area contributed by atoms with Gasteiger partial charge in [-0.1, -0.05) is 52.3 Å². The standard InChI is InChI=1S/C23H17BrN2O3/c24-21-7-3-1-6-17(21)15-29-22-8-4-2-5-16(22)13-18(14-25)23(28)26-19-9-11-20(27)12-10-19/h1-13,27H,15H2,(H,26,28)/b18-13+. The van der Waals surface area contributed by atoms with Crippen LogP contribution in [-0.4, -0.2) is 11.0 Å². The predicted octanol–water partition coefficient (Wildman–Crippen LogP) is 5.28. The zero-order chi connectivity index (χ0) is 20.6. The van der Waals surface area contributed by atoms with Gasteiger partial charge in [0, 0.05) is 21.3 Å². The van der Waals surface area contributed by atoms with Crippen LogP contribution in [0.3, 0.4) is 0 Å². The van der Waals surface area contributed by atoms with E-state index in [-0.39, 0.29) is 11.3 Å². The Morgan fingerprint density at radius 3 is 2.48 bits per heavy atom. The number of aromatic hydroxyl groups is 1. The first-order chi connectivity index (χ1) is 14.1. The summed E-state index contributed by atoms with van der Waals surface area (Å²) in [7, 11) is 0. The summed E-state index contributed by atoms with van der Waals surface area (Å²) in [5, 5.41) is 21.4. The molecular formula is C23H17BrN2O3. The summed E-state index contributed by atoms with van der Waals surface area (Å²) in [5.41, 5.74) is 2.02. The first-order valence-corrected chi connectivity index (χ1v) is 9.53. The Morgan fingerprint density at radius 1 is 1.07 bits per heavy atom. The second kappa shape index (κ2) is 9.58. The van der Waals surface area contributed by atoms with Gasteiger partial charge in [0.1, 0.15) is 29.7 Å². The summed E-state index contributed by atoms with van der Waals surface area (Å²) in [6.45, 7) is 0.341. The summed E-state index contributed by atoms with van der Waals surface area (Å²) in [5.74, 6) is 0.113. The van der Waals surface area contributed by atoms with Crippen LogP contribution in [0.1, 0.15) is 11.1 Å². The number of anilines is 1. The van der Waals surface area contributed by atoms with E-state index >= 15 is 0 Å². The van der Waals surface area contributed by atoms with E-state index in [2.05, 4.69) is 21.2 Å². The van der Waals surface area contributed by atoms with Crippen molar-refractivity contribution in [1.29, 1.82) is 5.26 Å². The molecule has 0 saturated heterocycles. The first-order valence-electron chi connectivity index (χ1n) is 8.74. The zero-order valence-electron chi connectivity index (χ0n) is 15.3. The molecule has 2 N–H and O–H groups in total. The molecule has 29 heavy (non-hydrogen) atoms. The number of para-hydroxylation sites is 1. The van der Waals surface area contributed by atoms with Crippen LogP contribution in [0.2, 0.25) is 0 Å². The lowest BCUT2D eigenvalue weighted by atomic mass is 10.1. The van der Waals surface area contributed by atoms with Crippen molar-refractivity contribution in [2.45, 2.75) is 6.61 Å². The lowest BCUT2D eigenvalue weighted by molar-refractivity contribution is -0.112. The number of phenolic OH excluding ortho intramolecular Hbond substituents is 1. The molecule has 0 heterocycles. The highest BCUT2D eigenvalue weighted by molar-refractivity contribution is 9.10. The number of nitrogens with zero attached hydrogens (tertiary/aromatic N) is 1. The molecule has 0 aromatic heterocycles. The fraction of sp³-hybridized carbons (Fsp3) is 0.0435. The van der Waals surface area contributed by atoms with Crippen LogP contribution in [0.4, 0.5) is 5.69 Å². The molecule has 6 heteroatoms. The summed E-state index contributed by atoms with van der Waals surface area (Å²) in [4.78, 5) is 12.5. The number of rotatable bonds is 6. The Bertz CT molecular complexity index is 1090. The van der Waals surface area contributed by atoms with Crippen molar-refractivity contribution < 1.29 is 14.6 Å². The smallest absolute Gasteiger partial charge is 0.266 e. The molecule has 0 unspecified atom stereocenters. The Kier molecular flexibility index (Phi) is 6.67. The number of nitrogens with one attached hydrogen (secondary N) is 1. The average molecular weight is 449 g/mol. The van der Waals surface area contributed by atoms with Crippen LogP contribution in [0.15, 0.2) is 82.8 Å². The van der Waals surface area contributed by atoms with Crippen LogP contribution in [-0.2, 0) is 11.4 Å². The minimum absolute atomic E-state index is 0.0602. The van der Waals surface area contributed by atoms with E-state index in [1.807, 2.05) is 42.5 Å². The summed E-state index contributed by atoms with van der Waals surface area (Å²) in [6.07, 6.45) is 1.49. The zero-order valence-corrected chi connectivity index (χ0v) is 16.9. The van der Waals surface area contributed by atoms with Crippen molar-refractivity contribution in [2.75, 3.05) is 5.32 Å². The molecule has 3 aromatic carbocycles. The van der Waals surface area contributed by atoms with Crippen LogP contribution in [0, 0.1) is 11.3 Å². The third-order valence-electron chi connectivity index (χ3n) is 4.05. The topological polar surface area (TPSA) is 82.3 Å². The van der Waals surface area contributed by atoms with Crippen LogP contribution < -0.4 is 10.1 Å². The minimum atomic E-state index is -0.543. The summed E-state index contributed by atoms with van der Waals surface area (Å²) in [6, 6.07) is 22.9. The second-order valence-corrected chi connectivity index (χ2v) is 6.94. The van der Waals surface area contributed by atoms with Gasteiger partial charge in [-0.05, 0) is 42.5 Å². The number of amides is 1. The van der Waals surface area contributed by atoms with Gasteiger partial charge in [0.25, 0.3) is 5.91 Å². The number of benzene rings is 3. The molecular weight excluding hydrogens is 432 g/mol. The van der Waals surface area contributed by atoms with Gasteiger partial charge in [-0.25, -0.2) is 0 Å². The van der Waals surface area contributed by atoms with Gasteiger partial charge in [-0.15, -0.1) is 0 Å². The van der Waals surface area contributed by atoms with Gasteiger partial charge in [0.2, 0.25) is 0 Å². The van der Waals surface area contributed by atoms with Crippen LogP contribution >= 0.6 is 15.9 Å². The van der Waals surface area contributed by atoms with E-state index in [1.165, 1.54) is 18.2 Å². The highest BCUT2D eigenvalue weighted by Crippen LogP contribution is 2.24. The van der Waals surface area contributed by atoms with E-state index in [9.17, 15) is 15.2 Å². The molecule has 0 radical (unpaired) electrons. The van der Waals surface area contributed by atoms with E-state index in [4.69, 9.17) is 4.74 Å². The molecule has 3 aromatic rings. The highest BCUT2D eigenvalue weighted by atomic mass is 79.9. The van der Waals surface area contributed by atoms with Crippen molar-refractivity contribution in [1.82, 2.24) is 0 Å². The highest BCUT2D eigenvalue weighted by Gasteiger charge is 2.12. The fourth-order valence-electron chi connectivity index (χ4n) is 2.55. The number of hydrogen-bond donors (Lipinski definition) is 2. The molecule has 144 valence electrons. The monoisotopic (exact) mass is 448 g/mol. The molecule has 0 saturated carbocycles. The van der Waals surface area contributed by atoms with Gasteiger partial charge in [0.05, 0.1) is 0 Å². The quantitative estimate of drug-likeness (QED) is 0.305. The first kappa shape index (κ1) is 20.2. The number of ether oxygens (including phenoxy) is 1. The van der Waals surface area contributed by atoms with Crippen molar-refractivity contribution in [3.63, 3.8) is 0 Å². The van der Waals surface area contributed by atoms with Crippen LogP contribution in [0.5, 0.6) is 11.5 Å². The second-order valence-electron chi connectivity index (χ2n) is 6.09. The van der Waals surface area contributed by atoms with E-state index in [0.29, 0.717) is 23.6 Å². The van der Waals surface area contributed by atoms with Gasteiger partial charge in [-0.3, -0.25) is 4.79 Å². The molecule has 0 bridgehead atoms. The Labute approximate surface area is 177 Å². The maximum absolute atomic E-state index is 12.5. The molecule has 0 aliphatic carbocycles. The molecule has 0 aliphatic heterocycles. The third-order valence-corrected chi connectivity index (χ3v) is 4.82. The maximum Gasteiger partial charge on any atom is 0.266 e. The number of carbonyl (C=O) groups excluding carboxylic acids is 1. The number of carbonyl (C=O) groups is 1. The van der Waals surface area contributed by atoms with Gasteiger partial charge >= 0.3 is 0 Å². The molecule has 0 fully saturated rings. The largest absolute Gasteiger partial charge is 0.508 e. The maximum atomic E-state index is 12.5. The molecule has 1 amide bonds. The summed E-state index contributed by atoms with van der Waals surface area (Å²) >= 11 is 3.49. The molecule has 3 rings (SSSR count). The Morgan fingerprint density at radius 2 is 1.76 bits per heavy atom. The molecule has 5 nitrogen and oxygen atoms in total. The number of phenols is 1. The predicted molar refractivity (Wildman–Crippen MR) is 115 cm³/mol. The van der Waals surface area contributed by atoms with E-state index < -0.39 is 5.91 Å². The van der Waals surface area contributed by atoms with E-state index in [1.54, 1.807) is 24.3 Å². The van der Waals surface area contributed by atoms with E-state index in [0.717, 1.165) is 10.0 Å². The molecule has 0 atom stereocenters. The molecule has 0 aliphatic rings. The lowest BCUT2D eigenvalue weighted by Gasteiger charge is -2.11. The minimum Gasteiger partial charge on any atom is -0.508 e. The van der Waals surface area contributed by atoms with Crippen molar-refractivity contribution in [2.24, 2.45) is 0 Å². The normalized spacial score (nSPS) is 10.8. The van der Waals surface area contributed by atoms with Crippen molar-refractivity contribution in [3.05, 3.63) is 94.0 Å². The van der Waals surface area contributed by atoms with Gasteiger partial charge in [-0.2, -0.15) is 5.26 Å². The SMILES string of the molecule is N#C/C(=C\c1ccccc1OCc1ccccc1Br)C(=O)Nc1ccc(O)cc1. The number of nitriles is 1. The fourth-order valence-corrected chi connectivity index (χ4v) is 2.95. The lowest BCUT2D eigenvalue weighted by Crippen LogP contribution is -2.13. The van der Waals surface area contributed by atoms with Crippen molar-refractivity contribution in [3.8, 4) is 17.6 Å². The average Bonchev–Trinajstić information content (AvgIpc) is 2.73. The van der Waals surface area contributed by atoms with Crippen LogP contribution in [0.25, 0.3) is 6.08 Å². The number of halogens is 1. The number of hydrogen-bond acceptors (Lipinski definition) is 4. The van der Waals surface area contributed by atoms with Gasteiger partial charge < -0.3 is 15.2 Å².